The van der Waals surface area contributed by atoms with E-state index in [2.05, 4.69) is 5.32 Å². The van der Waals surface area contributed by atoms with Crippen LogP contribution in [0.5, 0.6) is 5.75 Å². The van der Waals surface area contributed by atoms with E-state index in [1.807, 2.05) is 19.0 Å². The molecule has 39 heavy (non-hydrogen) atoms. The zero-order chi connectivity index (χ0) is 28.9. The third-order valence-electron chi connectivity index (χ3n) is 5.55. The Labute approximate surface area is 233 Å². The van der Waals surface area contributed by atoms with E-state index < -0.39 is 46.3 Å². The Kier molecular flexibility index (Phi) is 9.52. The molecule has 0 radical (unpaired) electrons. The van der Waals surface area contributed by atoms with Gasteiger partial charge in [-0.15, -0.1) is 0 Å². The summed E-state index contributed by atoms with van der Waals surface area (Å²) >= 11 is 12.3. The van der Waals surface area contributed by atoms with E-state index in [9.17, 15) is 34.5 Å². The van der Waals surface area contributed by atoms with Crippen molar-refractivity contribution in [2.75, 3.05) is 32.6 Å². The van der Waals surface area contributed by atoms with Crippen LogP contribution in [0.1, 0.15) is 47.9 Å². The molecule has 10 nitrogen and oxygen atoms in total. The first-order valence-electron chi connectivity index (χ1n) is 11.4. The van der Waals surface area contributed by atoms with Gasteiger partial charge >= 0.3 is 17.9 Å². The number of phenols is 1. The number of hydrogen-bond acceptors (Lipinski definition) is 7. The Balaban J connectivity index is 2.04. The van der Waals surface area contributed by atoms with Crippen molar-refractivity contribution in [1.29, 1.82) is 0 Å². The van der Waals surface area contributed by atoms with Gasteiger partial charge in [-0.1, -0.05) is 35.3 Å². The third-order valence-corrected chi connectivity index (χ3v) is 6.10. The quantitative estimate of drug-likeness (QED) is 0.191. The van der Waals surface area contributed by atoms with Crippen LogP contribution in [-0.2, 0) is 4.74 Å². The number of nitrogens with one attached hydrogen (secondary N) is 1. The van der Waals surface area contributed by atoms with E-state index in [1.54, 1.807) is 18.2 Å². The summed E-state index contributed by atoms with van der Waals surface area (Å²) in [6.45, 7) is 0.793. The van der Waals surface area contributed by atoms with Crippen molar-refractivity contribution in [2.45, 2.75) is 6.42 Å². The molecular formula is C27H24Cl2N2O8. The van der Waals surface area contributed by atoms with Gasteiger partial charge in [-0.3, -0.25) is 4.79 Å². The van der Waals surface area contributed by atoms with Crippen molar-refractivity contribution in [1.82, 2.24) is 4.90 Å². The zero-order valence-electron chi connectivity index (χ0n) is 20.8. The average Bonchev–Trinajstić information content (AvgIpc) is 2.85. The average molecular weight is 575 g/mol. The van der Waals surface area contributed by atoms with Crippen LogP contribution in [0.25, 0.3) is 11.1 Å². The van der Waals surface area contributed by atoms with Crippen LogP contribution < -0.4 is 5.32 Å². The lowest BCUT2D eigenvalue weighted by Gasteiger charge is -2.15. The van der Waals surface area contributed by atoms with E-state index in [-0.39, 0.29) is 17.9 Å². The molecule has 0 atom stereocenters. The monoisotopic (exact) mass is 574 g/mol. The summed E-state index contributed by atoms with van der Waals surface area (Å²) in [7, 11) is 3.75. The maximum Gasteiger partial charge on any atom is 0.340 e. The minimum atomic E-state index is -1.59. The summed E-state index contributed by atoms with van der Waals surface area (Å²) in [5.74, 6) is -5.72. The topological polar surface area (TPSA) is 153 Å². The number of hydrogen-bond donors (Lipinski definition) is 4. The molecule has 0 saturated carbocycles. The van der Waals surface area contributed by atoms with Gasteiger partial charge in [0.2, 0.25) is 0 Å². The number of carbonyl (C=O) groups is 4. The van der Waals surface area contributed by atoms with Crippen molar-refractivity contribution >= 4 is 52.7 Å². The van der Waals surface area contributed by atoms with Crippen molar-refractivity contribution in [3.63, 3.8) is 0 Å². The number of rotatable bonds is 10. The number of aromatic hydroxyl groups is 1. The highest BCUT2D eigenvalue weighted by Gasteiger charge is 2.24. The number of aromatic carboxylic acids is 2. The van der Waals surface area contributed by atoms with Crippen LogP contribution in [0.4, 0.5) is 5.69 Å². The van der Waals surface area contributed by atoms with Crippen LogP contribution in [0.2, 0.25) is 10.0 Å². The number of carboxylic acids is 2. The molecule has 0 fully saturated rings. The molecule has 4 N–H and O–H groups in total. The molecule has 0 heterocycles. The maximum atomic E-state index is 13.2. The summed E-state index contributed by atoms with van der Waals surface area (Å²) < 4.78 is 5.35. The second-order valence-electron chi connectivity index (χ2n) is 8.66. The Hall–Kier alpha value is -4.12. The maximum absolute atomic E-state index is 13.2. The van der Waals surface area contributed by atoms with Crippen molar-refractivity contribution in [3.8, 4) is 16.9 Å². The number of carbonyl (C=O) groups excluding carboxylic acids is 2. The molecule has 0 aliphatic rings. The summed E-state index contributed by atoms with van der Waals surface area (Å²) in [4.78, 5) is 51.1. The predicted molar refractivity (Wildman–Crippen MR) is 145 cm³/mol. The second kappa shape index (κ2) is 12.6. The summed E-state index contributed by atoms with van der Waals surface area (Å²) in [5.41, 5.74) is -0.886. The molecule has 0 bridgehead atoms. The standard InChI is InChI=1S/C27H24Cl2N2O8/c1-31(2)8-3-9-39-27(38)17-6-4-14(16-7-5-15(28)11-21(16)29)10-22(17)30-24(33)18-13-23(32)20(26(36)37)12-19(18)25(34)35/h4-7,10-13,32H,3,8-9H2,1-2H3,(H,30,33)(H,34,35)(H,36,37). The number of amides is 1. The normalized spacial score (nSPS) is 10.8. The molecule has 0 aliphatic carbocycles. The molecule has 1 amide bonds. The number of ether oxygens (including phenoxy) is 1. The lowest BCUT2D eigenvalue weighted by molar-refractivity contribution is 0.0493. The number of esters is 1. The molecule has 0 aliphatic heterocycles. The fourth-order valence-electron chi connectivity index (χ4n) is 3.65. The highest BCUT2D eigenvalue weighted by molar-refractivity contribution is 6.36. The molecule has 3 aromatic carbocycles. The van der Waals surface area contributed by atoms with Gasteiger partial charge in [0.25, 0.3) is 5.91 Å². The molecule has 0 saturated heterocycles. The second-order valence-corrected chi connectivity index (χ2v) is 9.50. The van der Waals surface area contributed by atoms with Gasteiger partial charge in [-0.2, -0.15) is 0 Å². The largest absolute Gasteiger partial charge is 0.507 e. The smallest absolute Gasteiger partial charge is 0.340 e. The lowest BCUT2D eigenvalue weighted by Crippen LogP contribution is -2.20. The molecule has 0 unspecified atom stereocenters. The molecule has 204 valence electrons. The number of anilines is 1. The molecule has 12 heteroatoms. The SMILES string of the molecule is CN(C)CCCOC(=O)c1ccc(-c2ccc(Cl)cc2Cl)cc1NC(=O)c1cc(O)c(C(=O)O)cc1C(=O)O. The molecule has 3 rings (SSSR count). The van der Waals surface area contributed by atoms with Gasteiger partial charge in [-0.25, -0.2) is 14.4 Å². The summed E-state index contributed by atoms with van der Waals surface area (Å²) in [5, 5.41) is 32.0. The van der Waals surface area contributed by atoms with Gasteiger partial charge in [0, 0.05) is 22.2 Å². The number of halogens is 2. The van der Waals surface area contributed by atoms with Gasteiger partial charge in [-0.05, 0) is 62.5 Å². The van der Waals surface area contributed by atoms with Crippen LogP contribution in [-0.4, -0.2) is 71.3 Å². The minimum absolute atomic E-state index is 0.0229. The Bertz CT molecular complexity index is 1460. The number of carboxylic acid groups (broad SMARTS) is 2. The van der Waals surface area contributed by atoms with Crippen molar-refractivity contribution < 1.29 is 39.2 Å². The zero-order valence-corrected chi connectivity index (χ0v) is 22.3. The minimum Gasteiger partial charge on any atom is -0.507 e. The van der Waals surface area contributed by atoms with Crippen LogP contribution >= 0.6 is 23.2 Å². The fourth-order valence-corrected chi connectivity index (χ4v) is 4.17. The third kappa shape index (κ3) is 7.26. The first-order chi connectivity index (χ1) is 18.4. The van der Waals surface area contributed by atoms with E-state index in [1.165, 1.54) is 18.2 Å². The van der Waals surface area contributed by atoms with Gasteiger partial charge in [0.05, 0.1) is 29.0 Å². The highest BCUT2D eigenvalue weighted by Crippen LogP contribution is 2.34. The first-order valence-corrected chi connectivity index (χ1v) is 12.2. The van der Waals surface area contributed by atoms with Crippen molar-refractivity contribution in [2.24, 2.45) is 0 Å². The molecule has 0 aromatic heterocycles. The first kappa shape index (κ1) is 29.4. The van der Waals surface area contributed by atoms with Crippen LogP contribution in [0.15, 0.2) is 48.5 Å². The molecule has 3 aromatic rings. The Morgan fingerprint density at radius 2 is 1.56 bits per heavy atom. The number of benzene rings is 3. The Morgan fingerprint density at radius 3 is 2.18 bits per heavy atom. The lowest BCUT2D eigenvalue weighted by atomic mass is 10.00. The van der Waals surface area contributed by atoms with E-state index in [0.717, 1.165) is 6.07 Å². The van der Waals surface area contributed by atoms with Gasteiger partial charge in [0.15, 0.2) is 0 Å². The Morgan fingerprint density at radius 1 is 0.872 bits per heavy atom. The predicted octanol–water partition coefficient (Wildman–Crippen LogP) is 5.12. The molecule has 0 spiro atoms. The van der Waals surface area contributed by atoms with E-state index in [0.29, 0.717) is 40.2 Å². The fraction of sp³-hybridized carbons (Fsp3) is 0.185. The van der Waals surface area contributed by atoms with E-state index >= 15 is 0 Å². The van der Waals surface area contributed by atoms with E-state index in [4.69, 9.17) is 27.9 Å². The summed E-state index contributed by atoms with van der Waals surface area (Å²) in [6, 6.07) is 10.7. The summed E-state index contributed by atoms with van der Waals surface area (Å²) in [6.07, 6.45) is 0.566. The van der Waals surface area contributed by atoms with Gasteiger partial charge in [0.1, 0.15) is 11.3 Å². The molecular weight excluding hydrogens is 551 g/mol. The number of nitrogens with zero attached hydrogens (tertiary/aromatic N) is 1. The van der Waals surface area contributed by atoms with Crippen LogP contribution in [0, 0.1) is 0 Å². The van der Waals surface area contributed by atoms with Crippen molar-refractivity contribution in [3.05, 3.63) is 80.8 Å². The highest BCUT2D eigenvalue weighted by atomic mass is 35.5. The van der Waals surface area contributed by atoms with Crippen LogP contribution in [0.3, 0.4) is 0 Å². The van der Waals surface area contributed by atoms with Gasteiger partial charge < -0.3 is 30.3 Å².